The molecule has 0 amide bonds. The fourth-order valence-electron chi connectivity index (χ4n) is 6.29. The van der Waals surface area contributed by atoms with E-state index in [1.54, 1.807) is 0 Å². The van der Waals surface area contributed by atoms with Crippen LogP contribution in [0.3, 0.4) is 0 Å². The molecule has 0 bridgehead atoms. The van der Waals surface area contributed by atoms with Crippen LogP contribution in [0.25, 0.3) is 0 Å². The van der Waals surface area contributed by atoms with Crippen molar-refractivity contribution < 1.29 is 19.1 Å². The van der Waals surface area contributed by atoms with Gasteiger partial charge >= 0.3 is 11.9 Å². The number of carbonyl (C=O) groups excluding carboxylic acids is 2. The average Bonchev–Trinajstić information content (AvgIpc) is 3.26. The molecular formula is C28H42ClN3O4. The van der Waals surface area contributed by atoms with Gasteiger partial charge in [-0.05, 0) is 82.2 Å². The second kappa shape index (κ2) is 12.9. The molecule has 0 saturated heterocycles. The fraction of sp³-hybridized carbons (Fsp3) is 0.679. The predicted octanol–water partition coefficient (Wildman–Crippen LogP) is 5.13. The van der Waals surface area contributed by atoms with Crippen LogP contribution in [-0.4, -0.2) is 74.5 Å². The first-order valence-corrected chi connectivity index (χ1v) is 13.5. The first-order valence-electron chi connectivity index (χ1n) is 13.2. The molecule has 3 rings (SSSR count). The smallest absolute Gasteiger partial charge is 0.336 e. The second-order valence-corrected chi connectivity index (χ2v) is 10.8. The normalized spacial score (nSPS) is 26.8. The van der Waals surface area contributed by atoms with E-state index >= 15 is 0 Å². The number of benzene rings is 1. The van der Waals surface area contributed by atoms with Crippen LogP contribution in [0.4, 0.5) is 0 Å². The SMILES string of the molecule is CCCCN1C=NC(CCC(=O)OC)(C(=O)OC)C1C1CCC(C(c2ccc(Cl)cc2)N(C)C)CC1. The van der Waals surface area contributed by atoms with E-state index in [4.69, 9.17) is 26.1 Å². The molecule has 1 aliphatic carbocycles. The maximum Gasteiger partial charge on any atom is 0.336 e. The van der Waals surface area contributed by atoms with Gasteiger partial charge in [0.05, 0.1) is 26.6 Å². The third kappa shape index (κ3) is 6.23. The van der Waals surface area contributed by atoms with E-state index in [9.17, 15) is 9.59 Å². The Hall–Kier alpha value is -2.12. The highest BCUT2D eigenvalue weighted by Gasteiger charge is 2.55. The van der Waals surface area contributed by atoms with Crippen molar-refractivity contribution in [3.05, 3.63) is 34.9 Å². The van der Waals surface area contributed by atoms with Gasteiger partial charge in [0.2, 0.25) is 0 Å². The van der Waals surface area contributed by atoms with Crippen molar-refractivity contribution in [3.63, 3.8) is 0 Å². The lowest BCUT2D eigenvalue weighted by molar-refractivity contribution is -0.151. The van der Waals surface area contributed by atoms with E-state index in [1.165, 1.54) is 19.8 Å². The van der Waals surface area contributed by atoms with E-state index < -0.39 is 5.54 Å². The molecular weight excluding hydrogens is 478 g/mol. The lowest BCUT2D eigenvalue weighted by atomic mass is 9.69. The Morgan fingerprint density at radius 3 is 2.36 bits per heavy atom. The third-order valence-corrected chi connectivity index (χ3v) is 8.26. The van der Waals surface area contributed by atoms with Gasteiger partial charge in [0.25, 0.3) is 0 Å². The van der Waals surface area contributed by atoms with Crippen molar-refractivity contribution in [1.29, 1.82) is 0 Å². The first kappa shape index (κ1) is 28.5. The zero-order valence-electron chi connectivity index (χ0n) is 22.4. The molecule has 0 N–H and O–H groups in total. The molecule has 3 atom stereocenters. The summed E-state index contributed by atoms with van der Waals surface area (Å²) >= 11 is 6.15. The summed E-state index contributed by atoms with van der Waals surface area (Å²) in [5.74, 6) is 0.0951. The molecule has 1 aromatic carbocycles. The number of rotatable bonds is 11. The molecule has 7 nitrogen and oxygen atoms in total. The molecule has 200 valence electrons. The van der Waals surface area contributed by atoms with Gasteiger partial charge in [0, 0.05) is 24.0 Å². The van der Waals surface area contributed by atoms with Gasteiger partial charge in [0.1, 0.15) is 0 Å². The maximum atomic E-state index is 13.3. The van der Waals surface area contributed by atoms with Crippen molar-refractivity contribution in [3.8, 4) is 0 Å². The Morgan fingerprint density at radius 1 is 1.14 bits per heavy atom. The third-order valence-electron chi connectivity index (χ3n) is 8.01. The summed E-state index contributed by atoms with van der Waals surface area (Å²) in [6, 6.07) is 8.38. The molecule has 3 unspecified atom stereocenters. The van der Waals surface area contributed by atoms with Crippen LogP contribution < -0.4 is 0 Å². The average molecular weight is 520 g/mol. The van der Waals surface area contributed by atoms with Crippen LogP contribution >= 0.6 is 11.6 Å². The molecule has 2 aliphatic rings. The number of unbranched alkanes of at least 4 members (excludes halogenated alkanes) is 1. The van der Waals surface area contributed by atoms with Crippen molar-refractivity contribution in [1.82, 2.24) is 9.80 Å². The molecule has 1 aliphatic heterocycles. The van der Waals surface area contributed by atoms with Crippen LogP contribution in [-0.2, 0) is 19.1 Å². The molecule has 0 radical (unpaired) electrons. The number of hydrogen-bond acceptors (Lipinski definition) is 7. The number of methoxy groups -OCH3 is 2. The lowest BCUT2D eigenvalue weighted by Crippen LogP contribution is -2.56. The Labute approximate surface area is 221 Å². The van der Waals surface area contributed by atoms with Crippen molar-refractivity contribution >= 4 is 29.9 Å². The van der Waals surface area contributed by atoms with E-state index in [1.807, 2.05) is 18.5 Å². The van der Waals surface area contributed by atoms with Crippen molar-refractivity contribution in [2.45, 2.75) is 75.9 Å². The molecule has 1 fully saturated rings. The number of ether oxygens (including phenoxy) is 2. The van der Waals surface area contributed by atoms with E-state index in [-0.39, 0.29) is 30.3 Å². The number of carbonyl (C=O) groups is 2. The van der Waals surface area contributed by atoms with Crippen LogP contribution in [0.5, 0.6) is 0 Å². The zero-order valence-corrected chi connectivity index (χ0v) is 23.2. The number of halogens is 1. The summed E-state index contributed by atoms with van der Waals surface area (Å²) in [5.41, 5.74) is 0.203. The quantitative estimate of drug-likeness (QED) is 0.377. The largest absolute Gasteiger partial charge is 0.469 e. The highest BCUT2D eigenvalue weighted by Crippen LogP contribution is 2.46. The van der Waals surface area contributed by atoms with Gasteiger partial charge in [-0.2, -0.15) is 0 Å². The minimum atomic E-state index is -1.08. The fourth-order valence-corrected chi connectivity index (χ4v) is 6.41. The number of hydrogen-bond donors (Lipinski definition) is 0. The second-order valence-electron chi connectivity index (χ2n) is 10.4. The van der Waals surface area contributed by atoms with Crippen LogP contribution in [0.2, 0.25) is 5.02 Å². The zero-order chi connectivity index (χ0) is 26.3. The number of nitrogens with zero attached hydrogens (tertiary/aromatic N) is 3. The van der Waals surface area contributed by atoms with Gasteiger partial charge in [0.15, 0.2) is 5.54 Å². The number of esters is 2. The maximum absolute atomic E-state index is 13.3. The summed E-state index contributed by atoms with van der Waals surface area (Å²) in [6.07, 6.45) is 8.44. The summed E-state index contributed by atoms with van der Waals surface area (Å²) < 4.78 is 10.2. The van der Waals surface area contributed by atoms with Gasteiger partial charge < -0.3 is 19.3 Å². The monoisotopic (exact) mass is 519 g/mol. The van der Waals surface area contributed by atoms with Crippen LogP contribution in [0.15, 0.2) is 29.3 Å². The van der Waals surface area contributed by atoms with Crippen LogP contribution in [0.1, 0.15) is 69.9 Å². The van der Waals surface area contributed by atoms with Crippen LogP contribution in [0, 0.1) is 11.8 Å². The topological polar surface area (TPSA) is 71.4 Å². The highest BCUT2D eigenvalue weighted by molar-refractivity contribution is 6.30. The molecule has 1 saturated carbocycles. The van der Waals surface area contributed by atoms with Crippen molar-refractivity contribution in [2.75, 3.05) is 34.9 Å². The minimum Gasteiger partial charge on any atom is -0.469 e. The Balaban J connectivity index is 1.83. The molecule has 1 heterocycles. The van der Waals surface area contributed by atoms with E-state index in [2.05, 4.69) is 43.0 Å². The molecule has 0 aromatic heterocycles. The van der Waals surface area contributed by atoms with E-state index in [0.29, 0.717) is 18.4 Å². The number of aliphatic imine (C=N–C) groups is 1. The van der Waals surface area contributed by atoms with Gasteiger partial charge in [-0.25, -0.2) is 4.79 Å². The molecule has 0 spiro atoms. The lowest BCUT2D eigenvalue weighted by Gasteiger charge is -2.44. The van der Waals surface area contributed by atoms with Gasteiger partial charge in [-0.3, -0.25) is 9.79 Å². The summed E-state index contributed by atoms with van der Waals surface area (Å²) in [5, 5.41) is 0.750. The predicted molar refractivity (Wildman–Crippen MR) is 143 cm³/mol. The minimum absolute atomic E-state index is 0.115. The molecule has 1 aromatic rings. The molecule has 8 heteroatoms. The molecule has 36 heavy (non-hydrogen) atoms. The summed E-state index contributed by atoms with van der Waals surface area (Å²) in [7, 11) is 7.06. The Kier molecular flexibility index (Phi) is 10.2. The first-order chi connectivity index (χ1) is 17.3. The van der Waals surface area contributed by atoms with E-state index in [0.717, 1.165) is 50.1 Å². The van der Waals surface area contributed by atoms with Crippen molar-refractivity contribution in [2.24, 2.45) is 16.8 Å². The summed E-state index contributed by atoms with van der Waals surface area (Å²) in [6.45, 7) is 3.00. The van der Waals surface area contributed by atoms with Gasteiger partial charge in [-0.15, -0.1) is 0 Å². The summed E-state index contributed by atoms with van der Waals surface area (Å²) in [4.78, 5) is 34.6. The van der Waals surface area contributed by atoms with Gasteiger partial charge in [-0.1, -0.05) is 37.1 Å². The highest BCUT2D eigenvalue weighted by atomic mass is 35.5. The Bertz CT molecular complexity index is 899. The standard InChI is InChI=1S/C28H42ClN3O4/c1-6-7-18-32-19-30-28(27(34)36-5,17-16-24(33)35-4)26(32)22-10-8-20(9-11-22)25(31(2)3)21-12-14-23(29)15-13-21/h12-15,19-20,22,25-26H,6-11,16-18H2,1-5H3. The Morgan fingerprint density at radius 2 is 1.81 bits per heavy atom.